The first-order valence-electron chi connectivity index (χ1n) is 6.01. The Morgan fingerprint density at radius 2 is 2.22 bits per heavy atom. The van der Waals surface area contributed by atoms with Gasteiger partial charge < -0.3 is 4.74 Å². The molecule has 90 valence electrons. The van der Waals surface area contributed by atoms with Gasteiger partial charge in [-0.2, -0.15) is 0 Å². The van der Waals surface area contributed by atoms with Crippen molar-refractivity contribution < 1.29 is 9.53 Å². The van der Waals surface area contributed by atoms with Gasteiger partial charge in [0.15, 0.2) is 5.78 Å². The Morgan fingerprint density at radius 1 is 1.28 bits per heavy atom. The molecular weight excluding hydrogens is 226 g/mol. The number of hydrogen-bond donors (Lipinski definition) is 0. The molecule has 3 nitrogen and oxygen atoms in total. The zero-order valence-electron chi connectivity index (χ0n) is 9.93. The highest BCUT2D eigenvalue weighted by Crippen LogP contribution is 2.30. The van der Waals surface area contributed by atoms with Gasteiger partial charge in [0.2, 0.25) is 0 Å². The Kier molecular flexibility index (Phi) is 2.81. The van der Waals surface area contributed by atoms with Crippen LogP contribution in [0, 0.1) is 0 Å². The van der Waals surface area contributed by atoms with Crippen molar-refractivity contribution in [1.29, 1.82) is 0 Å². The zero-order valence-corrected chi connectivity index (χ0v) is 9.93. The van der Waals surface area contributed by atoms with Gasteiger partial charge in [-0.15, -0.1) is 0 Å². The fourth-order valence-corrected chi connectivity index (χ4v) is 2.22. The Bertz CT molecular complexity index is 578. The van der Waals surface area contributed by atoms with Crippen molar-refractivity contribution >= 4 is 5.78 Å². The van der Waals surface area contributed by atoms with E-state index in [-0.39, 0.29) is 5.78 Å². The average molecular weight is 239 g/mol. The van der Waals surface area contributed by atoms with Crippen LogP contribution in [-0.4, -0.2) is 17.4 Å². The Hall–Kier alpha value is -2.16. The summed E-state index contributed by atoms with van der Waals surface area (Å²) in [6.07, 6.45) is 4.69. The molecule has 0 spiro atoms. The van der Waals surface area contributed by atoms with Gasteiger partial charge in [-0.25, -0.2) is 0 Å². The second-order valence-corrected chi connectivity index (χ2v) is 4.35. The molecular formula is C15H13NO2. The number of carbonyl (C=O) groups is 1. The van der Waals surface area contributed by atoms with Gasteiger partial charge in [-0.3, -0.25) is 9.78 Å². The maximum absolute atomic E-state index is 12.3. The Labute approximate surface area is 105 Å². The summed E-state index contributed by atoms with van der Waals surface area (Å²) in [6, 6.07) is 9.53. The fraction of sp³-hybridized carbons (Fsp3) is 0.200. The van der Waals surface area contributed by atoms with Crippen LogP contribution in [0.3, 0.4) is 0 Å². The van der Waals surface area contributed by atoms with E-state index in [1.807, 2.05) is 30.3 Å². The molecule has 0 radical (unpaired) electrons. The molecule has 1 aliphatic rings. The predicted molar refractivity (Wildman–Crippen MR) is 67.9 cm³/mol. The van der Waals surface area contributed by atoms with Gasteiger partial charge in [0.25, 0.3) is 0 Å². The van der Waals surface area contributed by atoms with Gasteiger partial charge in [-0.05, 0) is 23.3 Å². The summed E-state index contributed by atoms with van der Waals surface area (Å²) >= 11 is 0. The van der Waals surface area contributed by atoms with E-state index in [9.17, 15) is 4.79 Å². The molecule has 1 aromatic carbocycles. The van der Waals surface area contributed by atoms with Crippen LogP contribution in [-0.2, 0) is 12.8 Å². The molecule has 0 amide bonds. The summed E-state index contributed by atoms with van der Waals surface area (Å²) in [4.78, 5) is 16.3. The molecule has 0 atom stereocenters. The Morgan fingerprint density at radius 3 is 3.06 bits per heavy atom. The molecule has 0 saturated carbocycles. The van der Waals surface area contributed by atoms with Crippen LogP contribution in [0.5, 0.6) is 5.75 Å². The van der Waals surface area contributed by atoms with E-state index < -0.39 is 0 Å². The van der Waals surface area contributed by atoms with Crippen molar-refractivity contribution in [1.82, 2.24) is 4.98 Å². The van der Waals surface area contributed by atoms with Crippen LogP contribution < -0.4 is 4.74 Å². The summed E-state index contributed by atoms with van der Waals surface area (Å²) in [5.74, 6) is 0.855. The first kappa shape index (κ1) is 11.0. The SMILES string of the molecule is O=C(Cc1cccnc1)c1cccc2c1OCC2. The van der Waals surface area contributed by atoms with Crippen molar-refractivity contribution in [2.45, 2.75) is 12.8 Å². The second-order valence-electron chi connectivity index (χ2n) is 4.35. The van der Waals surface area contributed by atoms with E-state index in [0.717, 1.165) is 23.3 Å². The van der Waals surface area contributed by atoms with Crippen molar-refractivity contribution in [3.05, 3.63) is 59.4 Å². The maximum Gasteiger partial charge on any atom is 0.171 e. The van der Waals surface area contributed by atoms with Gasteiger partial charge in [0.05, 0.1) is 12.2 Å². The lowest BCUT2D eigenvalue weighted by atomic mass is 10.0. The molecule has 1 aromatic heterocycles. The largest absolute Gasteiger partial charge is 0.492 e. The highest BCUT2D eigenvalue weighted by molar-refractivity contribution is 6.00. The minimum Gasteiger partial charge on any atom is -0.492 e. The third-order valence-corrected chi connectivity index (χ3v) is 3.10. The van der Waals surface area contributed by atoms with Gasteiger partial charge >= 0.3 is 0 Å². The third-order valence-electron chi connectivity index (χ3n) is 3.10. The number of rotatable bonds is 3. The number of benzene rings is 1. The topological polar surface area (TPSA) is 39.2 Å². The van der Waals surface area contributed by atoms with E-state index in [4.69, 9.17) is 4.74 Å². The molecule has 0 bridgehead atoms. The van der Waals surface area contributed by atoms with Crippen LogP contribution in [0.1, 0.15) is 21.5 Å². The third kappa shape index (κ3) is 1.99. The second kappa shape index (κ2) is 4.61. The van der Waals surface area contributed by atoms with Crippen molar-refractivity contribution in [3.8, 4) is 5.75 Å². The van der Waals surface area contributed by atoms with E-state index in [2.05, 4.69) is 4.98 Å². The molecule has 1 aliphatic heterocycles. The van der Waals surface area contributed by atoms with Gasteiger partial charge in [-0.1, -0.05) is 18.2 Å². The molecule has 0 aliphatic carbocycles. The number of nitrogens with zero attached hydrogens (tertiary/aromatic N) is 1. The number of hydrogen-bond acceptors (Lipinski definition) is 3. The number of ketones is 1. The van der Waals surface area contributed by atoms with Crippen LogP contribution in [0.25, 0.3) is 0 Å². The number of pyridine rings is 1. The lowest BCUT2D eigenvalue weighted by Gasteiger charge is -2.06. The summed E-state index contributed by atoms with van der Waals surface area (Å²) in [6.45, 7) is 0.673. The van der Waals surface area contributed by atoms with Gasteiger partial charge in [0.1, 0.15) is 5.75 Å². The van der Waals surface area contributed by atoms with Crippen molar-refractivity contribution in [2.75, 3.05) is 6.61 Å². The molecule has 0 fully saturated rings. The van der Waals surface area contributed by atoms with Crippen LogP contribution >= 0.6 is 0 Å². The molecule has 2 aromatic rings. The standard InChI is InChI=1S/C15H13NO2/c17-14(9-11-3-2-7-16-10-11)13-5-1-4-12-6-8-18-15(12)13/h1-5,7,10H,6,8-9H2. The van der Waals surface area contributed by atoms with Crippen molar-refractivity contribution in [2.24, 2.45) is 0 Å². The highest BCUT2D eigenvalue weighted by atomic mass is 16.5. The monoisotopic (exact) mass is 239 g/mol. The summed E-state index contributed by atoms with van der Waals surface area (Å²) < 4.78 is 5.55. The quantitative estimate of drug-likeness (QED) is 0.772. The van der Waals surface area contributed by atoms with E-state index >= 15 is 0 Å². The first-order valence-corrected chi connectivity index (χ1v) is 6.01. The molecule has 0 saturated heterocycles. The maximum atomic E-state index is 12.3. The number of ether oxygens (including phenoxy) is 1. The zero-order chi connectivity index (χ0) is 12.4. The number of carbonyl (C=O) groups excluding carboxylic acids is 1. The number of para-hydroxylation sites is 1. The summed E-state index contributed by atoms with van der Waals surface area (Å²) in [5, 5.41) is 0. The number of aromatic nitrogens is 1. The van der Waals surface area contributed by atoms with Gasteiger partial charge in [0, 0.05) is 25.2 Å². The number of fused-ring (bicyclic) bond motifs is 1. The number of Topliss-reactive ketones (excluding diaryl/α,β-unsaturated/α-hetero) is 1. The normalized spacial score (nSPS) is 12.9. The molecule has 3 heteroatoms. The van der Waals surface area contributed by atoms with Crippen LogP contribution in [0.2, 0.25) is 0 Å². The molecule has 3 rings (SSSR count). The van der Waals surface area contributed by atoms with E-state index in [1.54, 1.807) is 12.4 Å². The average Bonchev–Trinajstić information content (AvgIpc) is 2.87. The predicted octanol–water partition coefficient (Wildman–Crippen LogP) is 2.44. The lowest BCUT2D eigenvalue weighted by molar-refractivity contribution is 0.0990. The smallest absolute Gasteiger partial charge is 0.171 e. The summed E-state index contributed by atoms with van der Waals surface area (Å²) in [7, 11) is 0. The first-order chi connectivity index (χ1) is 8.84. The Balaban J connectivity index is 1.88. The minimum atomic E-state index is 0.0850. The van der Waals surface area contributed by atoms with Crippen molar-refractivity contribution in [3.63, 3.8) is 0 Å². The lowest BCUT2D eigenvalue weighted by Crippen LogP contribution is -2.05. The highest BCUT2D eigenvalue weighted by Gasteiger charge is 2.20. The van der Waals surface area contributed by atoms with E-state index in [1.165, 1.54) is 0 Å². The molecule has 2 heterocycles. The molecule has 0 unspecified atom stereocenters. The fourth-order valence-electron chi connectivity index (χ4n) is 2.22. The minimum absolute atomic E-state index is 0.0850. The van der Waals surface area contributed by atoms with Crippen LogP contribution in [0.4, 0.5) is 0 Å². The summed E-state index contributed by atoms with van der Waals surface area (Å²) in [5.41, 5.74) is 2.75. The van der Waals surface area contributed by atoms with Crippen LogP contribution in [0.15, 0.2) is 42.7 Å². The molecule has 0 N–H and O–H groups in total. The van der Waals surface area contributed by atoms with E-state index in [0.29, 0.717) is 18.6 Å². The molecule has 18 heavy (non-hydrogen) atoms.